The van der Waals surface area contributed by atoms with Crippen molar-refractivity contribution < 1.29 is 0 Å². The molecule has 1 N–H and O–H groups in total. The molecule has 0 unspecified atom stereocenters. The van der Waals surface area contributed by atoms with Gasteiger partial charge in [0.25, 0.3) is 0 Å². The molecular formula is C13H15ClN2S2. The third-order valence-corrected chi connectivity index (χ3v) is 4.33. The molecule has 2 nitrogen and oxygen atoms in total. The van der Waals surface area contributed by atoms with Crippen molar-refractivity contribution in [2.45, 2.75) is 33.1 Å². The first-order chi connectivity index (χ1) is 8.29. The normalized spacial score (nSPS) is 11.8. The van der Waals surface area contributed by atoms with Crippen LogP contribution in [0.15, 0.2) is 12.1 Å². The molecule has 2 aromatic rings. The summed E-state index contributed by atoms with van der Waals surface area (Å²) < 4.78 is 1.43. The van der Waals surface area contributed by atoms with Crippen LogP contribution in [-0.2, 0) is 5.41 Å². The highest BCUT2D eigenvalue weighted by Gasteiger charge is 2.19. The number of hydrogen-bond acceptors (Lipinski definition) is 3. The zero-order valence-corrected chi connectivity index (χ0v) is 13.2. The van der Waals surface area contributed by atoms with Crippen molar-refractivity contribution in [3.63, 3.8) is 0 Å². The fourth-order valence-electron chi connectivity index (χ4n) is 1.58. The Morgan fingerprint density at radius 2 is 2.00 bits per heavy atom. The number of nitrogens with one attached hydrogen (secondary N) is 1. The third-order valence-electron chi connectivity index (χ3n) is 2.68. The lowest BCUT2D eigenvalue weighted by molar-refractivity contribution is 0.544. The molecule has 0 spiro atoms. The second-order valence-corrected chi connectivity index (χ2v) is 7.35. The molecule has 0 atom stereocenters. The van der Waals surface area contributed by atoms with Gasteiger partial charge in [0.2, 0.25) is 0 Å². The van der Waals surface area contributed by atoms with Crippen molar-refractivity contribution >= 4 is 35.2 Å². The maximum atomic E-state index is 6.00. The zero-order chi connectivity index (χ0) is 13.5. The van der Waals surface area contributed by atoms with Crippen LogP contribution in [0.4, 0.5) is 0 Å². The lowest BCUT2D eigenvalue weighted by atomic mass is 9.95. The first-order valence-electron chi connectivity index (χ1n) is 5.66. The Hall–Kier alpha value is -0.710. The van der Waals surface area contributed by atoms with Gasteiger partial charge in [0, 0.05) is 11.0 Å². The van der Waals surface area contributed by atoms with Crippen LogP contribution in [0.1, 0.15) is 32.2 Å². The number of thiophene rings is 1. The van der Waals surface area contributed by atoms with E-state index in [2.05, 4.69) is 30.7 Å². The number of H-pyrrole nitrogens is 1. The van der Waals surface area contributed by atoms with Crippen LogP contribution in [0.25, 0.3) is 10.6 Å². The van der Waals surface area contributed by atoms with Crippen LogP contribution in [0.2, 0.25) is 4.34 Å². The van der Waals surface area contributed by atoms with Gasteiger partial charge in [-0.05, 0) is 19.1 Å². The molecule has 0 amide bonds. The summed E-state index contributed by atoms with van der Waals surface area (Å²) in [6.45, 7) is 8.32. The smallest absolute Gasteiger partial charge is 0.133 e. The number of rotatable bonds is 1. The molecule has 0 radical (unpaired) electrons. The van der Waals surface area contributed by atoms with Crippen LogP contribution in [-0.4, -0.2) is 9.97 Å². The van der Waals surface area contributed by atoms with Crippen LogP contribution in [0, 0.1) is 11.6 Å². The van der Waals surface area contributed by atoms with E-state index in [4.69, 9.17) is 23.8 Å². The first-order valence-corrected chi connectivity index (χ1v) is 7.26. The summed E-state index contributed by atoms with van der Waals surface area (Å²) >= 11 is 12.9. The summed E-state index contributed by atoms with van der Waals surface area (Å²) in [5.74, 6) is 0.901. The molecule has 0 aliphatic heterocycles. The molecule has 18 heavy (non-hydrogen) atoms. The van der Waals surface area contributed by atoms with Crippen LogP contribution < -0.4 is 0 Å². The predicted molar refractivity (Wildman–Crippen MR) is 81.2 cm³/mol. The Morgan fingerprint density at radius 1 is 1.33 bits per heavy atom. The number of aromatic nitrogens is 2. The molecule has 2 aromatic heterocycles. The molecule has 0 aliphatic carbocycles. The van der Waals surface area contributed by atoms with E-state index in [1.54, 1.807) is 11.3 Å². The summed E-state index contributed by atoms with van der Waals surface area (Å²) in [5.41, 5.74) is 1.96. The van der Waals surface area contributed by atoms with E-state index in [1.807, 2.05) is 19.1 Å². The lowest BCUT2D eigenvalue weighted by Gasteiger charge is -2.19. The van der Waals surface area contributed by atoms with Crippen LogP contribution in [0.3, 0.4) is 0 Å². The molecule has 0 aromatic carbocycles. The van der Waals surface area contributed by atoms with Gasteiger partial charge in [-0.2, -0.15) is 0 Å². The van der Waals surface area contributed by atoms with Gasteiger partial charge < -0.3 is 4.98 Å². The molecule has 0 bridgehead atoms. The van der Waals surface area contributed by atoms with E-state index in [-0.39, 0.29) is 5.41 Å². The zero-order valence-electron chi connectivity index (χ0n) is 10.8. The van der Waals surface area contributed by atoms with Crippen molar-refractivity contribution in [2.24, 2.45) is 0 Å². The van der Waals surface area contributed by atoms with Crippen molar-refractivity contribution in [2.75, 3.05) is 0 Å². The van der Waals surface area contributed by atoms with Crippen molar-refractivity contribution in [1.29, 1.82) is 0 Å². The third kappa shape index (κ3) is 2.66. The Kier molecular flexibility index (Phi) is 3.63. The van der Waals surface area contributed by atoms with Gasteiger partial charge in [-0.3, -0.25) is 0 Å². The molecule has 0 fully saturated rings. The second-order valence-electron chi connectivity index (χ2n) is 5.24. The van der Waals surface area contributed by atoms with Gasteiger partial charge in [-0.15, -0.1) is 11.3 Å². The molecule has 0 saturated carbocycles. The molecule has 0 aliphatic rings. The summed E-state index contributed by atoms with van der Waals surface area (Å²) in [6, 6.07) is 3.90. The minimum atomic E-state index is -0.0585. The summed E-state index contributed by atoms with van der Waals surface area (Å²) in [5, 5.41) is 0. The van der Waals surface area contributed by atoms with Gasteiger partial charge in [-0.1, -0.05) is 44.6 Å². The summed E-state index contributed by atoms with van der Waals surface area (Å²) in [6.07, 6.45) is 0. The maximum absolute atomic E-state index is 6.00. The summed E-state index contributed by atoms with van der Waals surface area (Å²) in [4.78, 5) is 8.96. The molecule has 2 heterocycles. The average Bonchev–Trinajstić information content (AvgIpc) is 2.67. The van der Waals surface area contributed by atoms with E-state index < -0.39 is 0 Å². The topological polar surface area (TPSA) is 28.7 Å². The molecule has 96 valence electrons. The number of hydrogen-bond donors (Lipinski definition) is 1. The SMILES string of the molecule is Cc1c(-c2ccc(Cl)s2)[nH]c(C(C)(C)C)nc1=S. The van der Waals surface area contributed by atoms with Crippen LogP contribution in [0.5, 0.6) is 0 Å². The largest absolute Gasteiger partial charge is 0.342 e. The minimum absolute atomic E-state index is 0.0585. The quantitative estimate of drug-likeness (QED) is 0.740. The maximum Gasteiger partial charge on any atom is 0.133 e. The van der Waals surface area contributed by atoms with E-state index in [1.165, 1.54) is 0 Å². The number of halogens is 1. The Labute approximate surface area is 121 Å². The monoisotopic (exact) mass is 298 g/mol. The van der Waals surface area contributed by atoms with Gasteiger partial charge in [0.1, 0.15) is 10.5 Å². The average molecular weight is 299 g/mol. The van der Waals surface area contributed by atoms with Gasteiger partial charge in [-0.25, -0.2) is 4.98 Å². The Bertz CT molecular complexity index is 635. The lowest BCUT2D eigenvalue weighted by Crippen LogP contribution is -2.17. The highest BCUT2D eigenvalue weighted by atomic mass is 35.5. The fourth-order valence-corrected chi connectivity index (χ4v) is 2.88. The standard InChI is InChI=1S/C13H15ClN2S2/c1-7-10(8-5-6-9(14)18-8)15-12(13(2,3)4)16-11(7)17/h5-6H,1-4H3,(H,15,16,17). The van der Waals surface area contributed by atoms with Gasteiger partial charge >= 0.3 is 0 Å². The Balaban J connectivity index is 2.67. The van der Waals surface area contributed by atoms with Gasteiger partial charge in [0.05, 0.1) is 14.9 Å². The van der Waals surface area contributed by atoms with E-state index >= 15 is 0 Å². The second kappa shape index (κ2) is 4.76. The van der Waals surface area contributed by atoms with E-state index in [0.717, 1.165) is 26.3 Å². The molecule has 2 rings (SSSR count). The fraction of sp³-hybridized carbons (Fsp3) is 0.385. The first kappa shape index (κ1) is 13.7. The van der Waals surface area contributed by atoms with Crippen LogP contribution >= 0.6 is 35.2 Å². The highest BCUT2D eigenvalue weighted by Crippen LogP contribution is 2.33. The van der Waals surface area contributed by atoms with E-state index in [0.29, 0.717) is 4.64 Å². The minimum Gasteiger partial charge on any atom is -0.342 e. The molecular weight excluding hydrogens is 284 g/mol. The summed E-state index contributed by atoms with van der Waals surface area (Å²) in [7, 11) is 0. The molecule has 5 heteroatoms. The van der Waals surface area contributed by atoms with Crippen molar-refractivity contribution in [1.82, 2.24) is 9.97 Å². The van der Waals surface area contributed by atoms with Crippen molar-refractivity contribution in [3.05, 3.63) is 32.5 Å². The highest BCUT2D eigenvalue weighted by molar-refractivity contribution is 7.71. The van der Waals surface area contributed by atoms with Crippen molar-refractivity contribution in [3.8, 4) is 10.6 Å². The number of aromatic amines is 1. The number of nitrogens with zero attached hydrogens (tertiary/aromatic N) is 1. The Morgan fingerprint density at radius 3 is 2.50 bits per heavy atom. The molecule has 0 saturated heterocycles. The van der Waals surface area contributed by atoms with Gasteiger partial charge in [0.15, 0.2) is 0 Å². The predicted octanol–water partition coefficient (Wildman–Crippen LogP) is 5.13. The van der Waals surface area contributed by atoms with E-state index in [9.17, 15) is 0 Å².